The number of aromatic amines is 2. The van der Waals surface area contributed by atoms with Gasteiger partial charge in [-0.1, -0.05) is 27.7 Å². The zero-order valence-corrected chi connectivity index (χ0v) is 8.97. The lowest BCUT2D eigenvalue weighted by molar-refractivity contribution is 0.725. The van der Waals surface area contributed by atoms with E-state index in [9.17, 15) is 9.59 Å². The fourth-order valence-electron chi connectivity index (χ4n) is 1.54. The molecule has 1 heterocycles. The summed E-state index contributed by atoms with van der Waals surface area (Å²) in [5.41, 5.74) is 0.726. The van der Waals surface area contributed by atoms with Crippen molar-refractivity contribution < 1.29 is 0 Å². The van der Waals surface area contributed by atoms with Crippen molar-refractivity contribution in [2.45, 2.75) is 39.5 Å². The van der Waals surface area contributed by atoms with Crippen LogP contribution in [0.15, 0.2) is 9.59 Å². The molecule has 0 saturated carbocycles. The van der Waals surface area contributed by atoms with Crippen molar-refractivity contribution >= 4 is 0 Å². The van der Waals surface area contributed by atoms with Gasteiger partial charge >= 0.3 is 5.69 Å². The molecule has 0 radical (unpaired) electrons. The molecule has 0 aliphatic rings. The van der Waals surface area contributed by atoms with Crippen LogP contribution in [0.1, 0.15) is 50.8 Å². The molecule has 0 atom stereocenters. The summed E-state index contributed by atoms with van der Waals surface area (Å²) < 4.78 is 0. The summed E-state index contributed by atoms with van der Waals surface area (Å²) in [6.07, 6.45) is 0. The number of hydrogen-bond donors (Lipinski definition) is 2. The van der Waals surface area contributed by atoms with Gasteiger partial charge in [0.2, 0.25) is 0 Å². The average molecular weight is 196 g/mol. The van der Waals surface area contributed by atoms with Crippen LogP contribution in [0.25, 0.3) is 0 Å². The van der Waals surface area contributed by atoms with Gasteiger partial charge in [-0.15, -0.1) is 0 Å². The van der Waals surface area contributed by atoms with Crippen LogP contribution < -0.4 is 11.2 Å². The highest BCUT2D eigenvalue weighted by Crippen LogP contribution is 2.18. The highest BCUT2D eigenvalue weighted by atomic mass is 16.2. The Bertz CT molecular complexity index is 426. The fraction of sp³-hybridized carbons (Fsp3) is 0.600. The van der Waals surface area contributed by atoms with Crippen molar-refractivity contribution in [2.75, 3.05) is 0 Å². The molecule has 1 rings (SSSR count). The number of hydrogen-bond acceptors (Lipinski definition) is 2. The molecule has 0 unspecified atom stereocenters. The van der Waals surface area contributed by atoms with Crippen LogP contribution in [0, 0.1) is 0 Å². The Morgan fingerprint density at radius 2 is 1.50 bits per heavy atom. The Labute approximate surface area is 82.4 Å². The van der Waals surface area contributed by atoms with Crippen molar-refractivity contribution in [3.8, 4) is 0 Å². The van der Waals surface area contributed by atoms with E-state index < -0.39 is 5.69 Å². The summed E-state index contributed by atoms with van der Waals surface area (Å²) >= 11 is 0. The Morgan fingerprint density at radius 1 is 0.929 bits per heavy atom. The highest BCUT2D eigenvalue weighted by molar-refractivity contribution is 5.22. The van der Waals surface area contributed by atoms with E-state index in [1.165, 1.54) is 0 Å². The van der Waals surface area contributed by atoms with E-state index in [-0.39, 0.29) is 17.4 Å². The first-order chi connectivity index (χ1) is 6.43. The third-order valence-corrected chi connectivity index (χ3v) is 2.16. The van der Waals surface area contributed by atoms with Crippen LogP contribution in [-0.2, 0) is 0 Å². The van der Waals surface area contributed by atoms with E-state index in [1.54, 1.807) is 0 Å². The van der Waals surface area contributed by atoms with Crippen LogP contribution >= 0.6 is 0 Å². The molecular formula is C10H16N2O2. The summed E-state index contributed by atoms with van der Waals surface area (Å²) in [6.45, 7) is 7.79. The predicted molar refractivity (Wildman–Crippen MR) is 55.9 cm³/mol. The minimum atomic E-state index is -0.428. The summed E-state index contributed by atoms with van der Waals surface area (Å²) in [7, 11) is 0. The maximum absolute atomic E-state index is 11.5. The van der Waals surface area contributed by atoms with Crippen LogP contribution in [0.2, 0.25) is 0 Å². The minimum Gasteiger partial charge on any atom is -0.311 e. The molecule has 0 aromatic carbocycles. The monoisotopic (exact) mass is 196 g/mol. The zero-order valence-electron chi connectivity index (χ0n) is 8.97. The minimum absolute atomic E-state index is 0.119. The van der Waals surface area contributed by atoms with E-state index >= 15 is 0 Å². The van der Waals surface area contributed by atoms with Crippen molar-refractivity contribution in [1.82, 2.24) is 9.97 Å². The van der Waals surface area contributed by atoms with Gasteiger partial charge in [-0.3, -0.25) is 9.78 Å². The van der Waals surface area contributed by atoms with Gasteiger partial charge in [0.1, 0.15) is 0 Å². The van der Waals surface area contributed by atoms with Crippen LogP contribution in [0.5, 0.6) is 0 Å². The second-order valence-electron chi connectivity index (χ2n) is 4.04. The van der Waals surface area contributed by atoms with Gasteiger partial charge < -0.3 is 4.98 Å². The van der Waals surface area contributed by atoms with Crippen molar-refractivity contribution in [2.24, 2.45) is 0 Å². The van der Waals surface area contributed by atoms with Crippen LogP contribution in [0.3, 0.4) is 0 Å². The first-order valence-electron chi connectivity index (χ1n) is 4.79. The Morgan fingerprint density at radius 3 is 1.93 bits per heavy atom. The first kappa shape index (κ1) is 10.8. The maximum atomic E-state index is 11.5. The summed E-state index contributed by atoms with van der Waals surface area (Å²) in [5, 5.41) is 0. The molecule has 0 bridgehead atoms. The van der Waals surface area contributed by atoms with Gasteiger partial charge in [0.25, 0.3) is 5.56 Å². The molecule has 0 saturated heterocycles. The summed E-state index contributed by atoms with van der Waals surface area (Å²) in [5.74, 6) is 0.274. The predicted octanol–water partition coefficient (Wildman–Crippen LogP) is 1.31. The maximum Gasteiger partial charge on any atom is 0.325 e. The molecular weight excluding hydrogens is 180 g/mol. The molecule has 0 fully saturated rings. The number of nitrogens with one attached hydrogen (secondary N) is 2. The molecule has 78 valence electrons. The lowest BCUT2D eigenvalue weighted by atomic mass is 9.97. The number of aromatic nitrogens is 2. The van der Waals surface area contributed by atoms with Gasteiger partial charge in [0, 0.05) is 11.3 Å². The molecule has 1 aromatic heterocycles. The Hall–Kier alpha value is -1.32. The van der Waals surface area contributed by atoms with E-state index in [0.717, 1.165) is 5.69 Å². The summed E-state index contributed by atoms with van der Waals surface area (Å²) in [6, 6.07) is 0. The molecule has 0 spiro atoms. The SMILES string of the molecule is CC(C)c1[nH]c(=O)[nH]c(=O)c1C(C)C. The van der Waals surface area contributed by atoms with Gasteiger partial charge in [-0.25, -0.2) is 4.79 Å². The number of rotatable bonds is 2. The second kappa shape index (κ2) is 3.82. The number of H-pyrrole nitrogens is 2. The molecule has 2 N–H and O–H groups in total. The molecule has 4 heteroatoms. The van der Waals surface area contributed by atoms with Gasteiger partial charge in [0.15, 0.2) is 0 Å². The van der Waals surface area contributed by atoms with Gasteiger partial charge in [-0.05, 0) is 11.8 Å². The normalized spacial score (nSPS) is 11.3. The molecule has 14 heavy (non-hydrogen) atoms. The van der Waals surface area contributed by atoms with E-state index in [2.05, 4.69) is 9.97 Å². The molecule has 4 nitrogen and oxygen atoms in total. The third kappa shape index (κ3) is 1.95. The standard InChI is InChI=1S/C10H16N2O2/c1-5(2)7-8(6(3)4)11-10(14)12-9(7)13/h5-6H,1-4H3,(H2,11,12,13,14). The Balaban J connectivity index is 3.53. The third-order valence-electron chi connectivity index (χ3n) is 2.16. The van der Waals surface area contributed by atoms with Crippen LogP contribution in [-0.4, -0.2) is 9.97 Å². The second-order valence-corrected chi connectivity index (χ2v) is 4.04. The topological polar surface area (TPSA) is 65.7 Å². The van der Waals surface area contributed by atoms with E-state index in [0.29, 0.717) is 5.56 Å². The fourth-order valence-corrected chi connectivity index (χ4v) is 1.54. The van der Waals surface area contributed by atoms with Crippen molar-refractivity contribution in [3.63, 3.8) is 0 Å². The largest absolute Gasteiger partial charge is 0.325 e. The van der Waals surface area contributed by atoms with Gasteiger partial charge in [-0.2, -0.15) is 0 Å². The van der Waals surface area contributed by atoms with Crippen molar-refractivity contribution in [3.05, 3.63) is 32.1 Å². The lowest BCUT2D eigenvalue weighted by Gasteiger charge is -2.13. The molecule has 1 aromatic rings. The van der Waals surface area contributed by atoms with Crippen molar-refractivity contribution in [1.29, 1.82) is 0 Å². The molecule has 0 aliphatic carbocycles. The average Bonchev–Trinajstić information content (AvgIpc) is 2.01. The first-order valence-corrected chi connectivity index (χ1v) is 4.79. The molecule has 0 amide bonds. The smallest absolute Gasteiger partial charge is 0.311 e. The van der Waals surface area contributed by atoms with Crippen LogP contribution in [0.4, 0.5) is 0 Å². The Kier molecular flexibility index (Phi) is 2.93. The lowest BCUT2D eigenvalue weighted by Crippen LogP contribution is -2.29. The van der Waals surface area contributed by atoms with Gasteiger partial charge in [0.05, 0.1) is 0 Å². The van der Waals surface area contributed by atoms with E-state index in [4.69, 9.17) is 0 Å². The highest BCUT2D eigenvalue weighted by Gasteiger charge is 2.14. The molecule has 0 aliphatic heterocycles. The summed E-state index contributed by atoms with van der Waals surface area (Å²) in [4.78, 5) is 27.5. The zero-order chi connectivity index (χ0) is 10.9. The quantitative estimate of drug-likeness (QED) is 0.749. The van der Waals surface area contributed by atoms with E-state index in [1.807, 2.05) is 27.7 Å².